The number of rotatable bonds is 8. The molecule has 5 rings (SSSR count). The number of aromatic nitrogens is 3. The fraction of sp³-hybridized carbons (Fsp3) is 0.185. The summed E-state index contributed by atoms with van der Waals surface area (Å²) in [4.78, 5) is 26.1. The SMILES string of the molecule is CCOC(=O)Cc1ccc2c(c1)sc1ncnc(Nc3ccc(OCc4ccccn4)c(C)c3)c12. The number of pyridine rings is 1. The fourth-order valence-corrected chi connectivity index (χ4v) is 5.00. The highest BCUT2D eigenvalue weighted by Crippen LogP contribution is 2.37. The highest BCUT2D eigenvalue weighted by atomic mass is 32.1. The lowest BCUT2D eigenvalue weighted by Crippen LogP contribution is -2.07. The average Bonchev–Trinajstić information content (AvgIpc) is 3.23. The molecule has 0 saturated heterocycles. The number of nitrogens with zero attached hydrogens (tertiary/aromatic N) is 3. The van der Waals surface area contributed by atoms with Gasteiger partial charge in [-0.25, -0.2) is 9.97 Å². The highest BCUT2D eigenvalue weighted by molar-refractivity contribution is 7.25. The standard InChI is InChI=1S/C27H24N4O3S/c1-3-33-24(32)14-18-7-9-21-23(13-18)35-27-25(21)26(29-16-30-27)31-19-8-10-22(17(2)12-19)34-15-20-6-4-5-11-28-20/h4-13,16H,3,14-15H2,1-2H3,(H,29,30,31). The smallest absolute Gasteiger partial charge is 0.310 e. The van der Waals surface area contributed by atoms with Crippen LogP contribution in [0.25, 0.3) is 20.3 Å². The van der Waals surface area contributed by atoms with Gasteiger partial charge in [-0.1, -0.05) is 18.2 Å². The minimum atomic E-state index is -0.224. The summed E-state index contributed by atoms with van der Waals surface area (Å²) in [5.74, 6) is 1.32. The lowest BCUT2D eigenvalue weighted by atomic mass is 10.1. The Hall–Kier alpha value is -4.04. The number of ether oxygens (including phenoxy) is 2. The summed E-state index contributed by atoms with van der Waals surface area (Å²) >= 11 is 1.58. The molecule has 0 aliphatic carbocycles. The van der Waals surface area contributed by atoms with Crippen molar-refractivity contribution < 1.29 is 14.3 Å². The molecule has 0 atom stereocenters. The van der Waals surface area contributed by atoms with Gasteiger partial charge in [0.2, 0.25) is 0 Å². The van der Waals surface area contributed by atoms with E-state index in [1.54, 1.807) is 23.9 Å². The third kappa shape index (κ3) is 5.07. The summed E-state index contributed by atoms with van der Waals surface area (Å²) in [6, 6.07) is 17.7. The maximum absolute atomic E-state index is 11.9. The van der Waals surface area contributed by atoms with Crippen molar-refractivity contribution >= 4 is 49.1 Å². The van der Waals surface area contributed by atoms with E-state index in [0.29, 0.717) is 13.2 Å². The number of nitrogens with one attached hydrogen (secondary N) is 1. The van der Waals surface area contributed by atoms with Gasteiger partial charge in [0, 0.05) is 22.0 Å². The second kappa shape index (κ2) is 10.1. The van der Waals surface area contributed by atoms with Gasteiger partial charge < -0.3 is 14.8 Å². The molecule has 0 unspecified atom stereocenters. The second-order valence-electron chi connectivity index (χ2n) is 8.03. The molecule has 3 aromatic heterocycles. The molecule has 8 heteroatoms. The zero-order valence-corrected chi connectivity index (χ0v) is 20.3. The van der Waals surface area contributed by atoms with Crippen LogP contribution in [0, 0.1) is 6.92 Å². The number of hydrogen-bond acceptors (Lipinski definition) is 8. The Morgan fingerprint density at radius 1 is 1.06 bits per heavy atom. The van der Waals surface area contributed by atoms with E-state index < -0.39 is 0 Å². The Labute approximate surface area is 206 Å². The molecule has 7 nitrogen and oxygen atoms in total. The molecule has 3 heterocycles. The molecule has 0 aliphatic rings. The predicted molar refractivity (Wildman–Crippen MR) is 138 cm³/mol. The number of fused-ring (bicyclic) bond motifs is 3. The molecule has 5 aromatic rings. The van der Waals surface area contributed by atoms with E-state index >= 15 is 0 Å². The molecule has 1 N–H and O–H groups in total. The normalized spacial score (nSPS) is 11.0. The average molecular weight is 485 g/mol. The number of thiophene rings is 1. The Morgan fingerprint density at radius 3 is 2.77 bits per heavy atom. The molecule has 0 aliphatic heterocycles. The van der Waals surface area contributed by atoms with Crippen LogP contribution >= 0.6 is 11.3 Å². The minimum absolute atomic E-state index is 0.224. The Morgan fingerprint density at radius 2 is 1.97 bits per heavy atom. The van der Waals surface area contributed by atoms with Gasteiger partial charge in [-0.15, -0.1) is 11.3 Å². The first-order valence-corrected chi connectivity index (χ1v) is 12.1. The van der Waals surface area contributed by atoms with Crippen molar-refractivity contribution in [3.05, 3.63) is 83.9 Å². The van der Waals surface area contributed by atoms with Gasteiger partial charge >= 0.3 is 5.97 Å². The van der Waals surface area contributed by atoms with Crippen molar-refractivity contribution in [1.29, 1.82) is 0 Å². The van der Waals surface area contributed by atoms with Crippen LogP contribution in [0.2, 0.25) is 0 Å². The Bertz CT molecular complexity index is 1500. The largest absolute Gasteiger partial charge is 0.487 e. The van der Waals surface area contributed by atoms with E-state index in [1.807, 2.05) is 68.4 Å². The van der Waals surface area contributed by atoms with Crippen LogP contribution < -0.4 is 10.1 Å². The molecule has 2 aromatic carbocycles. The number of hydrogen-bond donors (Lipinski definition) is 1. The minimum Gasteiger partial charge on any atom is -0.487 e. The third-order valence-electron chi connectivity index (χ3n) is 5.53. The third-order valence-corrected chi connectivity index (χ3v) is 6.59. The van der Waals surface area contributed by atoms with Crippen LogP contribution in [-0.2, 0) is 22.6 Å². The van der Waals surface area contributed by atoms with E-state index in [2.05, 4.69) is 20.3 Å². The molecular weight excluding hydrogens is 460 g/mol. The maximum atomic E-state index is 11.9. The monoisotopic (exact) mass is 484 g/mol. The summed E-state index contributed by atoms with van der Waals surface area (Å²) < 4.78 is 12.1. The van der Waals surface area contributed by atoms with E-state index in [0.717, 1.165) is 54.4 Å². The lowest BCUT2D eigenvalue weighted by Gasteiger charge is -2.12. The zero-order valence-electron chi connectivity index (χ0n) is 19.4. The Kier molecular flexibility index (Phi) is 6.54. The van der Waals surface area contributed by atoms with Crippen LogP contribution in [-0.4, -0.2) is 27.5 Å². The fourth-order valence-electron chi connectivity index (χ4n) is 3.90. The van der Waals surface area contributed by atoms with E-state index in [-0.39, 0.29) is 12.4 Å². The number of benzene rings is 2. The lowest BCUT2D eigenvalue weighted by molar-refractivity contribution is -0.142. The van der Waals surface area contributed by atoms with Crippen LogP contribution in [0.5, 0.6) is 5.75 Å². The van der Waals surface area contributed by atoms with Crippen molar-refractivity contribution in [3.63, 3.8) is 0 Å². The predicted octanol–water partition coefficient (Wildman–Crippen LogP) is 5.98. The molecule has 0 fully saturated rings. The zero-order chi connectivity index (χ0) is 24.2. The molecule has 0 radical (unpaired) electrons. The quantitative estimate of drug-likeness (QED) is 0.271. The summed E-state index contributed by atoms with van der Waals surface area (Å²) in [5, 5.41) is 5.45. The van der Waals surface area contributed by atoms with Gasteiger partial charge in [0.15, 0.2) is 0 Å². The molecular formula is C27H24N4O3S. The van der Waals surface area contributed by atoms with E-state index in [9.17, 15) is 4.79 Å². The molecule has 0 saturated carbocycles. The summed E-state index contributed by atoms with van der Waals surface area (Å²) in [6.07, 6.45) is 3.58. The Balaban J connectivity index is 1.38. The number of aryl methyl sites for hydroxylation is 1. The molecule has 0 bridgehead atoms. The van der Waals surface area contributed by atoms with Crippen molar-refractivity contribution in [2.24, 2.45) is 0 Å². The number of carbonyl (C=O) groups excluding carboxylic acids is 1. The van der Waals surface area contributed by atoms with Gasteiger partial charge in [-0.3, -0.25) is 9.78 Å². The number of carbonyl (C=O) groups is 1. The van der Waals surface area contributed by atoms with Crippen LogP contribution in [0.4, 0.5) is 11.5 Å². The number of anilines is 2. The highest BCUT2D eigenvalue weighted by Gasteiger charge is 2.14. The number of esters is 1. The van der Waals surface area contributed by atoms with Crippen molar-refractivity contribution in [1.82, 2.24) is 15.0 Å². The van der Waals surface area contributed by atoms with Gasteiger partial charge in [0.05, 0.1) is 24.1 Å². The summed E-state index contributed by atoms with van der Waals surface area (Å²) in [5.41, 5.74) is 3.72. The summed E-state index contributed by atoms with van der Waals surface area (Å²) in [7, 11) is 0. The first kappa shape index (κ1) is 22.7. The summed E-state index contributed by atoms with van der Waals surface area (Å²) in [6.45, 7) is 4.62. The van der Waals surface area contributed by atoms with Crippen molar-refractivity contribution in [2.75, 3.05) is 11.9 Å². The van der Waals surface area contributed by atoms with Crippen molar-refractivity contribution in [3.8, 4) is 5.75 Å². The van der Waals surface area contributed by atoms with Gasteiger partial charge in [0.25, 0.3) is 0 Å². The van der Waals surface area contributed by atoms with Crippen molar-refractivity contribution in [2.45, 2.75) is 26.9 Å². The van der Waals surface area contributed by atoms with Crippen LogP contribution in [0.15, 0.2) is 67.1 Å². The second-order valence-corrected chi connectivity index (χ2v) is 9.06. The maximum Gasteiger partial charge on any atom is 0.310 e. The van der Waals surface area contributed by atoms with Gasteiger partial charge in [0.1, 0.15) is 29.3 Å². The molecule has 0 spiro atoms. The van der Waals surface area contributed by atoms with E-state index in [4.69, 9.17) is 9.47 Å². The molecule has 35 heavy (non-hydrogen) atoms. The van der Waals surface area contributed by atoms with Gasteiger partial charge in [-0.2, -0.15) is 0 Å². The van der Waals surface area contributed by atoms with Gasteiger partial charge in [-0.05, 0) is 61.4 Å². The first-order chi connectivity index (χ1) is 17.1. The molecule has 0 amide bonds. The van der Waals surface area contributed by atoms with E-state index in [1.165, 1.54) is 0 Å². The first-order valence-electron chi connectivity index (χ1n) is 11.3. The molecule has 176 valence electrons. The van der Waals surface area contributed by atoms with Crippen LogP contribution in [0.1, 0.15) is 23.7 Å². The topological polar surface area (TPSA) is 86.2 Å². The van der Waals surface area contributed by atoms with Crippen LogP contribution in [0.3, 0.4) is 0 Å².